The molecule has 1 saturated heterocycles. The molecule has 0 aliphatic carbocycles. The van der Waals surface area contributed by atoms with Crippen LogP contribution >= 0.6 is 0 Å². The van der Waals surface area contributed by atoms with Crippen molar-refractivity contribution in [2.75, 3.05) is 4.43 Å². The molecule has 0 N–H and O–H groups in total. The molecule has 3 rings (SSSR count). The number of rotatable bonds is 2. The summed E-state index contributed by atoms with van der Waals surface area (Å²) in [5, 5.41) is 0. The molecular formula is C22H20I-. The molecular weight excluding hydrogens is 391 g/mol. The molecule has 0 radical (unpaired) electrons. The maximum atomic E-state index is 3.48. The number of hydrogen-bond acceptors (Lipinski definition) is 0. The fourth-order valence-corrected chi connectivity index (χ4v) is 3.15. The third-order valence-electron chi connectivity index (χ3n) is 4.17. The standard InChI is InChI=1S/C22H20I/c1-3-22(2,16-15-18-7-5-4-6-8-18)20-12-9-19(10-13-20)11-14-21-17-23-21/h4-10,12-13,21H,3,17H2,1-2H3/q-1. The van der Waals surface area contributed by atoms with E-state index in [1.165, 1.54) is 9.99 Å². The van der Waals surface area contributed by atoms with E-state index in [4.69, 9.17) is 0 Å². The zero-order valence-corrected chi connectivity index (χ0v) is 15.7. The topological polar surface area (TPSA) is 0 Å². The first kappa shape index (κ1) is 16.2. The van der Waals surface area contributed by atoms with Crippen molar-refractivity contribution in [2.45, 2.75) is 29.6 Å². The van der Waals surface area contributed by atoms with Gasteiger partial charge in [-0.15, -0.1) is 0 Å². The molecule has 0 bridgehead atoms. The van der Waals surface area contributed by atoms with Crippen LogP contribution in [0.5, 0.6) is 0 Å². The van der Waals surface area contributed by atoms with Crippen molar-refractivity contribution in [3.63, 3.8) is 0 Å². The van der Waals surface area contributed by atoms with Crippen LogP contribution in [0.4, 0.5) is 0 Å². The monoisotopic (exact) mass is 411 g/mol. The molecule has 2 atom stereocenters. The van der Waals surface area contributed by atoms with Crippen LogP contribution in [-0.2, 0) is 5.41 Å². The molecule has 0 amide bonds. The van der Waals surface area contributed by atoms with Crippen molar-refractivity contribution in [3.8, 4) is 23.7 Å². The molecule has 2 unspecified atom stereocenters. The van der Waals surface area contributed by atoms with Gasteiger partial charge in [-0.2, -0.15) is 0 Å². The second-order valence-corrected chi connectivity index (χ2v) is 9.19. The molecule has 1 heteroatoms. The number of benzene rings is 2. The van der Waals surface area contributed by atoms with Crippen LogP contribution in [0, 0.1) is 23.7 Å². The average molecular weight is 411 g/mol. The Balaban J connectivity index is 1.82. The Bertz CT molecular complexity index is 777. The quantitative estimate of drug-likeness (QED) is 0.396. The zero-order valence-electron chi connectivity index (χ0n) is 13.6. The van der Waals surface area contributed by atoms with E-state index in [-0.39, 0.29) is 5.41 Å². The molecule has 2 aromatic rings. The summed E-state index contributed by atoms with van der Waals surface area (Å²) in [6, 6.07) is 18.9. The van der Waals surface area contributed by atoms with Crippen LogP contribution in [0.1, 0.15) is 37.0 Å². The van der Waals surface area contributed by atoms with Crippen LogP contribution < -0.4 is 21.2 Å². The summed E-state index contributed by atoms with van der Waals surface area (Å²) >= 11 is 0.428. The van der Waals surface area contributed by atoms with Crippen LogP contribution in [0.3, 0.4) is 0 Å². The Labute approximate surface area is 150 Å². The van der Waals surface area contributed by atoms with Gasteiger partial charge < -0.3 is 0 Å². The van der Waals surface area contributed by atoms with E-state index >= 15 is 0 Å². The Hall–Kier alpha value is -1.71. The van der Waals surface area contributed by atoms with Crippen molar-refractivity contribution in [3.05, 3.63) is 71.3 Å². The van der Waals surface area contributed by atoms with Gasteiger partial charge in [-0.05, 0) is 0 Å². The van der Waals surface area contributed by atoms with Gasteiger partial charge in [0, 0.05) is 0 Å². The third kappa shape index (κ3) is 4.40. The molecule has 0 saturated carbocycles. The van der Waals surface area contributed by atoms with E-state index in [2.05, 4.69) is 73.9 Å². The Morgan fingerprint density at radius 1 is 1.00 bits per heavy atom. The van der Waals surface area contributed by atoms with Crippen LogP contribution in [0.15, 0.2) is 54.6 Å². The molecule has 1 fully saturated rings. The van der Waals surface area contributed by atoms with E-state index in [1.807, 2.05) is 18.2 Å². The van der Waals surface area contributed by atoms with Crippen molar-refractivity contribution in [1.29, 1.82) is 0 Å². The van der Waals surface area contributed by atoms with Crippen molar-refractivity contribution < 1.29 is 21.2 Å². The van der Waals surface area contributed by atoms with Gasteiger partial charge in [0.05, 0.1) is 0 Å². The number of hydrogen-bond donors (Lipinski definition) is 0. The van der Waals surface area contributed by atoms with Gasteiger partial charge in [-0.1, -0.05) is 18.2 Å². The van der Waals surface area contributed by atoms with E-state index in [9.17, 15) is 0 Å². The number of halogens is 1. The minimum atomic E-state index is -0.121. The second-order valence-electron chi connectivity index (χ2n) is 5.92. The predicted octanol–water partition coefficient (Wildman–Crippen LogP) is 1.23. The Morgan fingerprint density at radius 2 is 1.65 bits per heavy atom. The van der Waals surface area contributed by atoms with Crippen molar-refractivity contribution >= 4 is 0 Å². The molecule has 1 aliphatic heterocycles. The summed E-state index contributed by atoms with van der Waals surface area (Å²) in [6.07, 6.45) is 0.990. The Morgan fingerprint density at radius 3 is 2.26 bits per heavy atom. The molecule has 1 aliphatic rings. The summed E-state index contributed by atoms with van der Waals surface area (Å²) in [4.78, 5) is 0. The predicted molar refractivity (Wildman–Crippen MR) is 92.9 cm³/mol. The van der Waals surface area contributed by atoms with Gasteiger partial charge in [0.15, 0.2) is 0 Å². The van der Waals surface area contributed by atoms with E-state index < -0.39 is 0 Å². The Kier molecular flexibility index (Phi) is 5.09. The van der Waals surface area contributed by atoms with Crippen LogP contribution in [-0.4, -0.2) is 8.35 Å². The molecule has 2 aromatic carbocycles. The first-order chi connectivity index (χ1) is 11.2. The third-order valence-corrected chi connectivity index (χ3v) is 6.24. The summed E-state index contributed by atoms with van der Waals surface area (Å²) in [5.41, 5.74) is 3.35. The first-order valence-electron chi connectivity index (χ1n) is 7.98. The van der Waals surface area contributed by atoms with Gasteiger partial charge in [0.25, 0.3) is 0 Å². The van der Waals surface area contributed by atoms with Gasteiger partial charge in [0.1, 0.15) is 0 Å². The van der Waals surface area contributed by atoms with E-state index in [0.29, 0.717) is 21.2 Å². The van der Waals surface area contributed by atoms with Gasteiger partial charge >= 0.3 is 132 Å². The normalized spacial score (nSPS) is 18.3. The minimum absolute atomic E-state index is 0.121. The summed E-state index contributed by atoms with van der Waals surface area (Å²) in [7, 11) is 0. The van der Waals surface area contributed by atoms with E-state index in [1.54, 1.807) is 0 Å². The number of alkyl halides is 2. The molecule has 0 aromatic heterocycles. The molecule has 116 valence electrons. The second kappa shape index (κ2) is 7.24. The summed E-state index contributed by atoms with van der Waals surface area (Å²) in [5.74, 6) is 13.5. The molecule has 0 nitrogen and oxygen atoms in total. The molecule has 1 heterocycles. The van der Waals surface area contributed by atoms with Gasteiger partial charge in [0.2, 0.25) is 0 Å². The molecule has 23 heavy (non-hydrogen) atoms. The first-order valence-corrected chi connectivity index (χ1v) is 10.7. The van der Waals surface area contributed by atoms with E-state index in [0.717, 1.165) is 21.5 Å². The van der Waals surface area contributed by atoms with Gasteiger partial charge in [-0.3, -0.25) is 0 Å². The maximum absolute atomic E-state index is 3.48. The SMILES string of the molecule is CCC(C)(C#Cc1ccccc1)c1ccc(C#CC2C[I-]2)cc1. The fraction of sp³-hybridized carbons (Fsp3) is 0.273. The van der Waals surface area contributed by atoms with Crippen molar-refractivity contribution in [2.24, 2.45) is 0 Å². The van der Waals surface area contributed by atoms with Gasteiger partial charge in [-0.25, -0.2) is 0 Å². The zero-order chi connectivity index (χ0) is 16.1. The summed E-state index contributed by atoms with van der Waals surface area (Å²) in [6.45, 7) is 4.42. The van der Waals surface area contributed by atoms with Crippen molar-refractivity contribution in [1.82, 2.24) is 0 Å². The molecule has 0 spiro atoms. The fourth-order valence-electron chi connectivity index (χ4n) is 2.30. The average Bonchev–Trinajstić information content (AvgIpc) is 3.44. The van der Waals surface area contributed by atoms with Crippen LogP contribution in [0.25, 0.3) is 0 Å². The summed E-state index contributed by atoms with van der Waals surface area (Å²) < 4.78 is 2.14. The van der Waals surface area contributed by atoms with Crippen LogP contribution in [0.2, 0.25) is 0 Å².